The van der Waals surface area contributed by atoms with Crippen LogP contribution in [0.5, 0.6) is 0 Å². The van der Waals surface area contributed by atoms with Crippen LogP contribution in [-0.2, 0) is 9.53 Å². The Labute approximate surface area is 179 Å². The molecule has 2 aromatic rings. The van der Waals surface area contributed by atoms with Gasteiger partial charge in [-0.15, -0.1) is 0 Å². The average molecular weight is 409 g/mol. The van der Waals surface area contributed by atoms with Crippen LogP contribution in [0.2, 0.25) is 0 Å². The Bertz CT molecular complexity index is 870. The molecule has 1 aliphatic heterocycles. The molecular weight excluding hydrogens is 376 g/mol. The molecule has 1 atom stereocenters. The van der Waals surface area contributed by atoms with Crippen LogP contribution < -0.4 is 5.32 Å². The lowest BCUT2D eigenvalue weighted by Crippen LogP contribution is -2.43. The normalized spacial score (nSPS) is 15.6. The third-order valence-electron chi connectivity index (χ3n) is 5.85. The predicted molar refractivity (Wildman–Crippen MR) is 119 cm³/mol. The van der Waals surface area contributed by atoms with E-state index in [1.165, 1.54) is 11.1 Å². The number of benzene rings is 2. The Morgan fingerprint density at radius 2 is 1.67 bits per heavy atom. The Hall–Kier alpha value is -2.50. The monoisotopic (exact) mass is 408 g/mol. The van der Waals surface area contributed by atoms with Gasteiger partial charge in [0.05, 0.1) is 19.3 Å². The minimum Gasteiger partial charge on any atom is -0.379 e. The summed E-state index contributed by atoms with van der Waals surface area (Å²) in [6.07, 6.45) is 0.427. The Kier molecular flexibility index (Phi) is 7.77. The summed E-state index contributed by atoms with van der Waals surface area (Å²) in [5, 5.41) is 3.05. The SMILES string of the molecule is Cc1ccc(C(CNC(=O)CCC(=O)c2ccc(C)c(C)c2)N2CCOCC2)cc1. The second kappa shape index (κ2) is 10.5. The van der Waals surface area contributed by atoms with E-state index in [0.717, 1.165) is 24.2 Å². The van der Waals surface area contributed by atoms with Crippen LogP contribution >= 0.6 is 0 Å². The van der Waals surface area contributed by atoms with Gasteiger partial charge in [-0.25, -0.2) is 0 Å². The van der Waals surface area contributed by atoms with E-state index in [-0.39, 0.29) is 30.6 Å². The first-order valence-electron chi connectivity index (χ1n) is 10.7. The molecule has 1 aliphatic rings. The number of hydrogen-bond acceptors (Lipinski definition) is 4. The molecule has 1 heterocycles. The summed E-state index contributed by atoms with van der Waals surface area (Å²) in [6.45, 7) is 9.73. The third-order valence-corrected chi connectivity index (χ3v) is 5.85. The van der Waals surface area contributed by atoms with Gasteiger partial charge in [0.2, 0.25) is 5.91 Å². The molecule has 0 bridgehead atoms. The number of rotatable bonds is 8. The fraction of sp³-hybridized carbons (Fsp3) is 0.440. The second-order valence-corrected chi connectivity index (χ2v) is 8.10. The molecule has 0 aliphatic carbocycles. The first-order chi connectivity index (χ1) is 14.4. The second-order valence-electron chi connectivity index (χ2n) is 8.10. The van der Waals surface area contributed by atoms with Crippen molar-refractivity contribution in [2.24, 2.45) is 0 Å². The number of Topliss-reactive ketones (excluding diaryl/α,β-unsaturated/α-hetero) is 1. The number of nitrogens with one attached hydrogen (secondary N) is 1. The van der Waals surface area contributed by atoms with Crippen LogP contribution in [0.3, 0.4) is 0 Å². The van der Waals surface area contributed by atoms with Gasteiger partial charge in [0.15, 0.2) is 5.78 Å². The van der Waals surface area contributed by atoms with Gasteiger partial charge in [0, 0.05) is 38.0 Å². The van der Waals surface area contributed by atoms with Gasteiger partial charge in [-0.05, 0) is 43.5 Å². The standard InChI is InChI=1S/C25H32N2O3/c1-18-4-7-21(8-5-18)23(27-12-14-30-15-13-27)17-26-25(29)11-10-24(28)22-9-6-19(2)20(3)16-22/h4-9,16,23H,10-15,17H2,1-3H3,(H,26,29). The summed E-state index contributed by atoms with van der Waals surface area (Å²) in [7, 11) is 0. The first kappa shape index (κ1) is 22.2. The zero-order valence-corrected chi connectivity index (χ0v) is 18.2. The number of morpholine rings is 1. The summed E-state index contributed by atoms with van der Waals surface area (Å²) in [5.41, 5.74) is 5.34. The molecule has 1 N–H and O–H groups in total. The van der Waals surface area contributed by atoms with Crippen molar-refractivity contribution in [3.63, 3.8) is 0 Å². The molecular formula is C25H32N2O3. The fourth-order valence-electron chi connectivity index (χ4n) is 3.72. The van der Waals surface area contributed by atoms with Crippen molar-refractivity contribution in [1.82, 2.24) is 10.2 Å². The van der Waals surface area contributed by atoms with Gasteiger partial charge >= 0.3 is 0 Å². The molecule has 1 saturated heterocycles. The Morgan fingerprint density at radius 3 is 2.33 bits per heavy atom. The van der Waals surface area contributed by atoms with Gasteiger partial charge in [0.25, 0.3) is 0 Å². The lowest BCUT2D eigenvalue weighted by molar-refractivity contribution is -0.121. The van der Waals surface area contributed by atoms with Crippen LogP contribution in [0.4, 0.5) is 0 Å². The predicted octanol–water partition coefficient (Wildman–Crippen LogP) is 3.76. The molecule has 5 heteroatoms. The van der Waals surface area contributed by atoms with Crippen molar-refractivity contribution in [2.75, 3.05) is 32.8 Å². The van der Waals surface area contributed by atoms with Crippen LogP contribution in [-0.4, -0.2) is 49.4 Å². The first-order valence-corrected chi connectivity index (χ1v) is 10.7. The summed E-state index contributed by atoms with van der Waals surface area (Å²) in [5.74, 6) is -0.0749. The number of carbonyl (C=O) groups is 2. The molecule has 0 radical (unpaired) electrons. The number of carbonyl (C=O) groups excluding carboxylic acids is 2. The molecule has 2 aromatic carbocycles. The van der Waals surface area contributed by atoms with Crippen molar-refractivity contribution < 1.29 is 14.3 Å². The summed E-state index contributed by atoms with van der Waals surface area (Å²) in [6, 6.07) is 14.3. The number of nitrogens with zero attached hydrogens (tertiary/aromatic N) is 1. The van der Waals surface area contributed by atoms with Gasteiger partial charge in [-0.3, -0.25) is 14.5 Å². The van der Waals surface area contributed by atoms with Gasteiger partial charge in [-0.1, -0.05) is 42.0 Å². The summed E-state index contributed by atoms with van der Waals surface area (Å²) in [4.78, 5) is 27.3. The van der Waals surface area contributed by atoms with Crippen LogP contribution in [0.1, 0.15) is 51.5 Å². The number of aryl methyl sites for hydroxylation is 3. The highest BCUT2D eigenvalue weighted by Crippen LogP contribution is 2.22. The summed E-state index contributed by atoms with van der Waals surface area (Å²) < 4.78 is 5.49. The van der Waals surface area contributed by atoms with E-state index in [2.05, 4.69) is 41.4 Å². The van der Waals surface area contributed by atoms with Crippen molar-refractivity contribution in [3.05, 3.63) is 70.3 Å². The van der Waals surface area contributed by atoms with E-state index in [4.69, 9.17) is 4.74 Å². The maximum absolute atomic E-state index is 12.5. The van der Waals surface area contributed by atoms with E-state index in [0.29, 0.717) is 25.3 Å². The highest BCUT2D eigenvalue weighted by atomic mass is 16.5. The van der Waals surface area contributed by atoms with E-state index in [9.17, 15) is 9.59 Å². The minimum atomic E-state index is -0.0856. The number of amides is 1. The largest absolute Gasteiger partial charge is 0.379 e. The van der Waals surface area contributed by atoms with Crippen molar-refractivity contribution >= 4 is 11.7 Å². The molecule has 1 unspecified atom stereocenters. The zero-order chi connectivity index (χ0) is 21.5. The molecule has 1 amide bonds. The Balaban J connectivity index is 1.56. The quantitative estimate of drug-likeness (QED) is 0.676. The van der Waals surface area contributed by atoms with Crippen LogP contribution in [0.25, 0.3) is 0 Å². The molecule has 1 fully saturated rings. The van der Waals surface area contributed by atoms with Gasteiger partial charge in [-0.2, -0.15) is 0 Å². The van der Waals surface area contributed by atoms with Gasteiger partial charge in [0.1, 0.15) is 0 Å². The lowest BCUT2D eigenvalue weighted by atomic mass is 10.0. The maximum Gasteiger partial charge on any atom is 0.220 e. The number of ether oxygens (including phenoxy) is 1. The highest BCUT2D eigenvalue weighted by molar-refractivity contribution is 5.98. The highest BCUT2D eigenvalue weighted by Gasteiger charge is 2.23. The molecule has 0 saturated carbocycles. The Morgan fingerprint density at radius 1 is 0.967 bits per heavy atom. The van der Waals surface area contributed by atoms with Crippen molar-refractivity contribution in [1.29, 1.82) is 0 Å². The van der Waals surface area contributed by atoms with Crippen LogP contribution in [0, 0.1) is 20.8 Å². The molecule has 0 spiro atoms. The van der Waals surface area contributed by atoms with E-state index in [1.54, 1.807) is 0 Å². The smallest absolute Gasteiger partial charge is 0.220 e. The zero-order valence-electron chi connectivity index (χ0n) is 18.2. The van der Waals surface area contributed by atoms with E-state index in [1.807, 2.05) is 32.0 Å². The molecule has 160 valence electrons. The molecule has 3 rings (SSSR count). The average Bonchev–Trinajstić information content (AvgIpc) is 2.76. The molecule has 5 nitrogen and oxygen atoms in total. The fourth-order valence-corrected chi connectivity index (χ4v) is 3.72. The third kappa shape index (κ3) is 6.00. The molecule has 30 heavy (non-hydrogen) atoms. The van der Waals surface area contributed by atoms with E-state index < -0.39 is 0 Å². The van der Waals surface area contributed by atoms with Crippen molar-refractivity contribution in [3.8, 4) is 0 Å². The minimum absolute atomic E-state index is 0.0107. The molecule has 0 aromatic heterocycles. The lowest BCUT2D eigenvalue weighted by Gasteiger charge is -2.35. The van der Waals surface area contributed by atoms with Crippen molar-refractivity contribution in [2.45, 2.75) is 39.7 Å². The van der Waals surface area contributed by atoms with Crippen LogP contribution in [0.15, 0.2) is 42.5 Å². The maximum atomic E-state index is 12.5. The van der Waals surface area contributed by atoms with E-state index >= 15 is 0 Å². The summed E-state index contributed by atoms with van der Waals surface area (Å²) >= 11 is 0. The van der Waals surface area contributed by atoms with Gasteiger partial charge < -0.3 is 10.1 Å². The number of ketones is 1. The number of hydrogen-bond donors (Lipinski definition) is 1. The topological polar surface area (TPSA) is 58.6 Å².